The summed E-state index contributed by atoms with van der Waals surface area (Å²) in [5.74, 6) is 0. The van der Waals surface area contributed by atoms with Crippen molar-refractivity contribution in [2.24, 2.45) is 0 Å². The van der Waals surface area contributed by atoms with Crippen LogP contribution < -0.4 is 0 Å². The van der Waals surface area contributed by atoms with Gasteiger partial charge >= 0.3 is 0 Å². The maximum absolute atomic E-state index is 4.16. The Morgan fingerprint density at radius 3 is 3.08 bits per heavy atom. The first kappa shape index (κ1) is 7.55. The SMILES string of the molecule is Cc1nc(S)nc2ccc[c]c12. The Bertz CT molecular complexity index is 426. The van der Waals surface area contributed by atoms with Gasteiger partial charge in [0.25, 0.3) is 0 Å². The van der Waals surface area contributed by atoms with E-state index in [9.17, 15) is 0 Å². The molecule has 0 atom stereocenters. The molecule has 1 aromatic carbocycles. The van der Waals surface area contributed by atoms with Crippen LogP contribution in [0.3, 0.4) is 0 Å². The van der Waals surface area contributed by atoms with Gasteiger partial charge in [-0.15, -0.1) is 12.6 Å². The molecule has 1 radical (unpaired) electrons. The van der Waals surface area contributed by atoms with Crippen LogP contribution >= 0.6 is 12.6 Å². The zero-order valence-electron chi connectivity index (χ0n) is 6.57. The van der Waals surface area contributed by atoms with E-state index in [1.807, 2.05) is 25.1 Å². The molecule has 2 rings (SSSR count). The third-order valence-corrected chi connectivity index (χ3v) is 1.88. The number of hydrogen-bond acceptors (Lipinski definition) is 3. The fraction of sp³-hybridized carbons (Fsp3) is 0.111. The minimum absolute atomic E-state index is 0.514. The van der Waals surface area contributed by atoms with Crippen molar-refractivity contribution in [3.63, 3.8) is 0 Å². The Morgan fingerprint density at radius 1 is 1.42 bits per heavy atom. The lowest BCUT2D eigenvalue weighted by atomic mass is 10.2. The van der Waals surface area contributed by atoms with Crippen LogP contribution in [0.2, 0.25) is 0 Å². The molecule has 0 saturated carbocycles. The molecule has 0 unspecified atom stereocenters. The van der Waals surface area contributed by atoms with E-state index < -0.39 is 0 Å². The average molecular weight is 175 g/mol. The summed E-state index contributed by atoms with van der Waals surface area (Å²) in [6.07, 6.45) is 0. The number of rotatable bonds is 0. The lowest BCUT2D eigenvalue weighted by Gasteiger charge is -1.99. The fourth-order valence-electron chi connectivity index (χ4n) is 1.15. The van der Waals surface area contributed by atoms with Crippen LogP contribution in [0.15, 0.2) is 23.4 Å². The molecule has 3 heteroatoms. The van der Waals surface area contributed by atoms with Gasteiger partial charge in [-0.05, 0) is 19.1 Å². The van der Waals surface area contributed by atoms with Gasteiger partial charge in [0.2, 0.25) is 0 Å². The first-order chi connectivity index (χ1) is 5.77. The number of nitrogens with zero attached hydrogens (tertiary/aromatic N) is 2. The van der Waals surface area contributed by atoms with Gasteiger partial charge < -0.3 is 0 Å². The maximum Gasteiger partial charge on any atom is 0.185 e. The normalized spacial score (nSPS) is 10.5. The van der Waals surface area contributed by atoms with Crippen LogP contribution in [0.1, 0.15) is 5.69 Å². The molecule has 0 aliphatic heterocycles. The smallest absolute Gasteiger partial charge is 0.185 e. The molecule has 2 nitrogen and oxygen atoms in total. The van der Waals surface area contributed by atoms with E-state index in [0.717, 1.165) is 16.6 Å². The minimum atomic E-state index is 0.514. The van der Waals surface area contributed by atoms with Gasteiger partial charge in [-0.3, -0.25) is 0 Å². The second-order valence-corrected chi connectivity index (χ2v) is 2.94. The summed E-state index contributed by atoms with van der Waals surface area (Å²) in [4.78, 5) is 8.28. The highest BCUT2D eigenvalue weighted by Crippen LogP contribution is 2.14. The molecule has 1 aromatic heterocycles. The maximum atomic E-state index is 4.16. The largest absolute Gasteiger partial charge is 0.227 e. The van der Waals surface area contributed by atoms with Gasteiger partial charge in [0, 0.05) is 5.39 Å². The predicted octanol–water partition coefficient (Wildman–Crippen LogP) is 2.03. The highest BCUT2D eigenvalue weighted by atomic mass is 32.1. The van der Waals surface area contributed by atoms with E-state index in [0.29, 0.717) is 5.16 Å². The Morgan fingerprint density at radius 2 is 2.25 bits per heavy atom. The van der Waals surface area contributed by atoms with Gasteiger partial charge in [0.15, 0.2) is 5.16 Å². The molecule has 0 saturated heterocycles. The molecular weight excluding hydrogens is 168 g/mol. The number of benzene rings is 1. The van der Waals surface area contributed by atoms with Gasteiger partial charge in [-0.2, -0.15) is 0 Å². The summed E-state index contributed by atoms with van der Waals surface area (Å²) in [6, 6.07) is 8.78. The summed E-state index contributed by atoms with van der Waals surface area (Å²) >= 11 is 4.09. The van der Waals surface area contributed by atoms with E-state index >= 15 is 0 Å². The van der Waals surface area contributed by atoms with Gasteiger partial charge in [-0.1, -0.05) is 12.1 Å². The van der Waals surface area contributed by atoms with Crippen LogP contribution in [-0.4, -0.2) is 9.97 Å². The molecule has 0 aliphatic rings. The first-order valence-electron chi connectivity index (χ1n) is 3.61. The first-order valence-corrected chi connectivity index (χ1v) is 4.06. The van der Waals surface area contributed by atoms with Crippen molar-refractivity contribution in [3.05, 3.63) is 30.0 Å². The zero-order chi connectivity index (χ0) is 8.55. The fourth-order valence-corrected chi connectivity index (χ4v) is 1.41. The summed E-state index contributed by atoms with van der Waals surface area (Å²) in [7, 11) is 0. The molecule has 0 aliphatic carbocycles. The number of thiol groups is 1. The zero-order valence-corrected chi connectivity index (χ0v) is 7.47. The van der Waals surface area contributed by atoms with Crippen LogP contribution in [0, 0.1) is 13.0 Å². The van der Waals surface area contributed by atoms with Crippen molar-refractivity contribution in [1.82, 2.24) is 9.97 Å². The quantitative estimate of drug-likeness (QED) is 0.489. The Kier molecular flexibility index (Phi) is 1.73. The minimum Gasteiger partial charge on any atom is -0.227 e. The summed E-state index contributed by atoms with van der Waals surface area (Å²) in [6.45, 7) is 1.93. The highest BCUT2D eigenvalue weighted by Gasteiger charge is 1.99. The van der Waals surface area contributed by atoms with E-state index in [1.165, 1.54) is 0 Å². The second kappa shape index (κ2) is 2.75. The van der Waals surface area contributed by atoms with Gasteiger partial charge in [0.1, 0.15) is 0 Å². The van der Waals surface area contributed by atoms with Crippen molar-refractivity contribution in [1.29, 1.82) is 0 Å². The number of hydrogen-bond donors (Lipinski definition) is 1. The third kappa shape index (κ3) is 1.16. The monoisotopic (exact) mass is 175 g/mol. The standard InChI is InChI=1S/C9H7N2S/c1-6-7-4-2-3-5-8(7)11-9(12)10-6/h2-3,5H,1H3,(H,10,11,12). The lowest BCUT2D eigenvalue weighted by Crippen LogP contribution is -1.89. The predicted molar refractivity (Wildman–Crippen MR) is 50.4 cm³/mol. The van der Waals surface area contributed by atoms with Crippen molar-refractivity contribution in [2.75, 3.05) is 0 Å². The number of fused-ring (bicyclic) bond motifs is 1. The molecule has 12 heavy (non-hydrogen) atoms. The molecule has 0 bridgehead atoms. The van der Waals surface area contributed by atoms with Gasteiger partial charge in [0.05, 0.1) is 11.2 Å². The summed E-state index contributed by atoms with van der Waals surface area (Å²) in [5, 5.41) is 1.48. The molecule has 0 amide bonds. The molecule has 0 fully saturated rings. The van der Waals surface area contributed by atoms with Crippen LogP contribution in [-0.2, 0) is 0 Å². The Balaban J connectivity index is 2.89. The average Bonchev–Trinajstić information content (AvgIpc) is 2.04. The number of aromatic nitrogens is 2. The Labute approximate surface area is 76.1 Å². The van der Waals surface area contributed by atoms with Gasteiger partial charge in [-0.25, -0.2) is 9.97 Å². The second-order valence-electron chi connectivity index (χ2n) is 2.54. The topological polar surface area (TPSA) is 25.8 Å². The van der Waals surface area contributed by atoms with E-state index in [-0.39, 0.29) is 0 Å². The summed E-state index contributed by atoms with van der Waals surface area (Å²) in [5.41, 5.74) is 1.82. The molecular formula is C9H7N2S. The molecule has 1 heterocycles. The van der Waals surface area contributed by atoms with E-state index in [1.54, 1.807) is 0 Å². The van der Waals surface area contributed by atoms with E-state index in [2.05, 4.69) is 28.7 Å². The lowest BCUT2D eigenvalue weighted by molar-refractivity contribution is 0.976. The third-order valence-electron chi connectivity index (χ3n) is 1.68. The van der Waals surface area contributed by atoms with Crippen LogP contribution in [0.25, 0.3) is 10.9 Å². The summed E-state index contributed by atoms with van der Waals surface area (Å²) < 4.78 is 0. The molecule has 0 N–H and O–H groups in total. The molecule has 2 aromatic rings. The van der Waals surface area contributed by atoms with Crippen LogP contribution in [0.5, 0.6) is 0 Å². The molecule has 59 valence electrons. The highest BCUT2D eigenvalue weighted by molar-refractivity contribution is 7.80. The molecule has 0 spiro atoms. The van der Waals surface area contributed by atoms with Crippen molar-refractivity contribution in [3.8, 4) is 0 Å². The van der Waals surface area contributed by atoms with Crippen LogP contribution in [0.4, 0.5) is 0 Å². The number of aryl methyl sites for hydroxylation is 1. The Hall–Kier alpha value is -1.09. The van der Waals surface area contributed by atoms with Crippen molar-refractivity contribution in [2.45, 2.75) is 12.1 Å². The van der Waals surface area contributed by atoms with Crippen molar-refractivity contribution >= 4 is 23.5 Å². The van der Waals surface area contributed by atoms with Crippen molar-refractivity contribution < 1.29 is 0 Å². The van der Waals surface area contributed by atoms with E-state index in [4.69, 9.17) is 0 Å².